The van der Waals surface area contributed by atoms with Gasteiger partial charge in [0.1, 0.15) is 0 Å². The fraction of sp³-hybridized carbons (Fsp3) is 1.00. The Morgan fingerprint density at radius 2 is 1.88 bits per heavy atom. The maximum absolute atomic E-state index is 3.58. The molecule has 1 aliphatic heterocycles. The normalized spacial score (nSPS) is 32.4. The highest BCUT2D eigenvalue weighted by molar-refractivity contribution is 4.85. The van der Waals surface area contributed by atoms with Gasteiger partial charge in [-0.25, -0.2) is 0 Å². The molecule has 94 valence electrons. The Balaban J connectivity index is 1.83. The summed E-state index contributed by atoms with van der Waals surface area (Å²) in [4.78, 5) is 2.76. The number of rotatable bonds is 4. The highest BCUT2D eigenvalue weighted by Gasteiger charge is 2.27. The Morgan fingerprint density at radius 1 is 1.12 bits per heavy atom. The molecule has 1 saturated carbocycles. The lowest BCUT2D eigenvalue weighted by molar-refractivity contribution is 0.137. The van der Waals surface area contributed by atoms with Crippen molar-refractivity contribution in [2.75, 3.05) is 19.6 Å². The summed E-state index contributed by atoms with van der Waals surface area (Å²) >= 11 is 0. The first-order valence-electron chi connectivity index (χ1n) is 7.28. The van der Waals surface area contributed by atoms with Gasteiger partial charge in [0.05, 0.1) is 0 Å². The topological polar surface area (TPSA) is 15.3 Å². The van der Waals surface area contributed by atoms with Gasteiger partial charge in [0, 0.05) is 18.6 Å². The fourth-order valence-electron chi connectivity index (χ4n) is 3.45. The molecule has 2 aliphatic rings. The van der Waals surface area contributed by atoms with E-state index < -0.39 is 0 Å². The lowest BCUT2D eigenvalue weighted by Crippen LogP contribution is -2.41. The molecule has 2 fully saturated rings. The summed E-state index contributed by atoms with van der Waals surface area (Å²) < 4.78 is 0. The zero-order valence-electron chi connectivity index (χ0n) is 11.0. The second-order valence-corrected chi connectivity index (χ2v) is 5.67. The van der Waals surface area contributed by atoms with Gasteiger partial charge in [0.2, 0.25) is 0 Å². The zero-order valence-corrected chi connectivity index (χ0v) is 11.0. The van der Waals surface area contributed by atoms with E-state index >= 15 is 0 Å². The number of hydrogen-bond donors (Lipinski definition) is 1. The molecule has 2 atom stereocenters. The van der Waals surface area contributed by atoms with Gasteiger partial charge < -0.3 is 10.2 Å². The molecule has 2 unspecified atom stereocenters. The van der Waals surface area contributed by atoms with Crippen molar-refractivity contribution >= 4 is 0 Å². The SMILES string of the molecule is CCN(CC1CCNC1C)C1CCCCC1. The largest absolute Gasteiger partial charge is 0.314 e. The smallest absolute Gasteiger partial charge is 0.00952 e. The molecule has 0 spiro atoms. The van der Waals surface area contributed by atoms with Crippen LogP contribution < -0.4 is 5.32 Å². The summed E-state index contributed by atoms with van der Waals surface area (Å²) in [6, 6.07) is 1.63. The van der Waals surface area contributed by atoms with Crippen LogP contribution in [0.15, 0.2) is 0 Å². The van der Waals surface area contributed by atoms with E-state index in [-0.39, 0.29) is 0 Å². The number of nitrogens with one attached hydrogen (secondary N) is 1. The number of hydrogen-bond acceptors (Lipinski definition) is 2. The third-order valence-corrected chi connectivity index (χ3v) is 4.65. The summed E-state index contributed by atoms with van der Waals surface area (Å²) in [5, 5.41) is 3.58. The first-order valence-corrected chi connectivity index (χ1v) is 7.28. The summed E-state index contributed by atoms with van der Waals surface area (Å²) in [6.07, 6.45) is 8.66. The monoisotopic (exact) mass is 224 g/mol. The van der Waals surface area contributed by atoms with Crippen molar-refractivity contribution in [1.82, 2.24) is 10.2 Å². The molecule has 2 rings (SSSR count). The molecule has 2 heteroatoms. The molecule has 1 heterocycles. The maximum Gasteiger partial charge on any atom is 0.00952 e. The molecule has 0 aromatic heterocycles. The molecule has 0 bridgehead atoms. The van der Waals surface area contributed by atoms with Crippen LogP contribution in [0.5, 0.6) is 0 Å². The van der Waals surface area contributed by atoms with Crippen LogP contribution >= 0.6 is 0 Å². The summed E-state index contributed by atoms with van der Waals surface area (Å²) in [5.74, 6) is 0.891. The lowest BCUT2D eigenvalue weighted by Gasteiger charge is -2.35. The minimum atomic E-state index is 0.734. The van der Waals surface area contributed by atoms with E-state index in [0.717, 1.165) is 18.0 Å². The van der Waals surface area contributed by atoms with E-state index in [1.165, 1.54) is 58.2 Å². The molecule has 16 heavy (non-hydrogen) atoms. The zero-order chi connectivity index (χ0) is 11.4. The average Bonchev–Trinajstić information content (AvgIpc) is 2.73. The molecule has 1 N–H and O–H groups in total. The van der Waals surface area contributed by atoms with Crippen LogP contribution in [0.1, 0.15) is 52.4 Å². The van der Waals surface area contributed by atoms with Gasteiger partial charge in [-0.2, -0.15) is 0 Å². The Morgan fingerprint density at radius 3 is 2.44 bits per heavy atom. The predicted molar refractivity (Wildman–Crippen MR) is 69.7 cm³/mol. The van der Waals surface area contributed by atoms with Crippen LogP contribution in [0.4, 0.5) is 0 Å². The Labute approximate surface area is 101 Å². The first-order chi connectivity index (χ1) is 7.81. The first kappa shape index (κ1) is 12.4. The number of nitrogens with zero attached hydrogens (tertiary/aromatic N) is 1. The van der Waals surface area contributed by atoms with E-state index in [1.54, 1.807) is 0 Å². The van der Waals surface area contributed by atoms with Crippen LogP contribution in [-0.2, 0) is 0 Å². The van der Waals surface area contributed by atoms with Crippen molar-refractivity contribution in [3.63, 3.8) is 0 Å². The van der Waals surface area contributed by atoms with Crippen molar-refractivity contribution < 1.29 is 0 Å². The lowest BCUT2D eigenvalue weighted by atomic mass is 9.92. The third-order valence-electron chi connectivity index (χ3n) is 4.65. The fourth-order valence-corrected chi connectivity index (χ4v) is 3.45. The van der Waals surface area contributed by atoms with Crippen LogP contribution in [0, 0.1) is 5.92 Å². The predicted octanol–water partition coefficient (Wildman–Crippen LogP) is 2.64. The highest BCUT2D eigenvalue weighted by Crippen LogP contribution is 2.25. The van der Waals surface area contributed by atoms with Crippen molar-refractivity contribution in [2.45, 2.75) is 64.5 Å². The molecular formula is C14H28N2. The Kier molecular flexibility index (Phi) is 4.66. The second kappa shape index (κ2) is 6.02. The van der Waals surface area contributed by atoms with E-state index in [4.69, 9.17) is 0 Å². The molecule has 0 aromatic carbocycles. The van der Waals surface area contributed by atoms with Gasteiger partial charge in [-0.15, -0.1) is 0 Å². The van der Waals surface area contributed by atoms with Crippen LogP contribution in [0.25, 0.3) is 0 Å². The second-order valence-electron chi connectivity index (χ2n) is 5.67. The molecule has 1 saturated heterocycles. The third kappa shape index (κ3) is 2.98. The summed E-state index contributed by atoms with van der Waals surface area (Å²) in [5.41, 5.74) is 0. The highest BCUT2D eigenvalue weighted by atomic mass is 15.2. The van der Waals surface area contributed by atoms with Gasteiger partial charge in [-0.3, -0.25) is 0 Å². The van der Waals surface area contributed by atoms with Gasteiger partial charge in [0.25, 0.3) is 0 Å². The van der Waals surface area contributed by atoms with Crippen molar-refractivity contribution in [3.8, 4) is 0 Å². The molecular weight excluding hydrogens is 196 g/mol. The van der Waals surface area contributed by atoms with Gasteiger partial charge >= 0.3 is 0 Å². The van der Waals surface area contributed by atoms with Crippen LogP contribution in [0.2, 0.25) is 0 Å². The molecule has 0 amide bonds. The van der Waals surface area contributed by atoms with E-state index in [0.29, 0.717) is 0 Å². The van der Waals surface area contributed by atoms with E-state index in [1.807, 2.05) is 0 Å². The van der Waals surface area contributed by atoms with Crippen LogP contribution in [0.3, 0.4) is 0 Å². The van der Waals surface area contributed by atoms with E-state index in [2.05, 4.69) is 24.1 Å². The van der Waals surface area contributed by atoms with Crippen LogP contribution in [-0.4, -0.2) is 36.6 Å². The van der Waals surface area contributed by atoms with Crippen molar-refractivity contribution in [2.24, 2.45) is 5.92 Å². The van der Waals surface area contributed by atoms with Gasteiger partial charge in [-0.1, -0.05) is 26.2 Å². The minimum absolute atomic E-state index is 0.734. The summed E-state index contributed by atoms with van der Waals surface area (Å²) in [6.45, 7) is 8.49. The summed E-state index contributed by atoms with van der Waals surface area (Å²) in [7, 11) is 0. The Hall–Kier alpha value is -0.0800. The average molecular weight is 224 g/mol. The van der Waals surface area contributed by atoms with E-state index in [9.17, 15) is 0 Å². The quantitative estimate of drug-likeness (QED) is 0.790. The Bertz CT molecular complexity index is 199. The standard InChI is InChI=1S/C14H28N2/c1-3-16(14-7-5-4-6-8-14)11-13-9-10-15-12(13)2/h12-15H,3-11H2,1-2H3. The minimum Gasteiger partial charge on any atom is -0.314 e. The van der Waals surface area contributed by atoms with Gasteiger partial charge in [-0.05, 0) is 45.2 Å². The maximum atomic E-state index is 3.58. The molecule has 0 radical (unpaired) electrons. The van der Waals surface area contributed by atoms with Gasteiger partial charge in [0.15, 0.2) is 0 Å². The molecule has 2 nitrogen and oxygen atoms in total. The van der Waals surface area contributed by atoms with Crippen molar-refractivity contribution in [1.29, 1.82) is 0 Å². The molecule has 0 aromatic rings. The molecule has 1 aliphatic carbocycles. The van der Waals surface area contributed by atoms with Crippen molar-refractivity contribution in [3.05, 3.63) is 0 Å².